The molecule has 0 atom stereocenters. The quantitative estimate of drug-likeness (QED) is 0.652. The van der Waals surface area contributed by atoms with Gasteiger partial charge < -0.3 is 14.4 Å². The fourth-order valence-corrected chi connectivity index (χ4v) is 2.02. The molecule has 1 aromatic rings. The maximum absolute atomic E-state index is 12.4. The number of ether oxygens (including phenoxy) is 2. The van der Waals surface area contributed by atoms with Crippen molar-refractivity contribution in [2.45, 2.75) is 20.5 Å². The van der Waals surface area contributed by atoms with Crippen molar-refractivity contribution in [3.05, 3.63) is 35.9 Å². The fourth-order valence-electron chi connectivity index (χ4n) is 2.02. The highest BCUT2D eigenvalue weighted by Gasteiger charge is 2.13. The van der Waals surface area contributed by atoms with Gasteiger partial charge in [-0.3, -0.25) is 4.79 Å². The van der Waals surface area contributed by atoms with Crippen molar-refractivity contribution in [3.63, 3.8) is 0 Å². The Morgan fingerprint density at radius 3 is 2.61 bits per heavy atom. The van der Waals surface area contributed by atoms with Gasteiger partial charge in [0, 0.05) is 31.8 Å². The molecule has 0 saturated heterocycles. The Bertz CT molecular complexity index is 518. The standard InChI is InChI=1S/C17H23F2NO3/c1-13(2)12-20(10-11-22-3)16(21)9-8-14-6-4-5-7-15(14)23-17(18)19/h4-9,13,17H,10-12H2,1-3H3/b9-8+. The van der Waals surface area contributed by atoms with Crippen LogP contribution >= 0.6 is 0 Å². The number of amides is 1. The summed E-state index contributed by atoms with van der Waals surface area (Å²) in [7, 11) is 1.58. The van der Waals surface area contributed by atoms with Gasteiger partial charge in [-0.15, -0.1) is 0 Å². The van der Waals surface area contributed by atoms with Gasteiger partial charge in [0.05, 0.1) is 6.61 Å². The summed E-state index contributed by atoms with van der Waals surface area (Å²) in [6, 6.07) is 6.34. The van der Waals surface area contributed by atoms with E-state index in [2.05, 4.69) is 4.74 Å². The highest BCUT2D eigenvalue weighted by Crippen LogP contribution is 2.21. The second-order valence-electron chi connectivity index (χ2n) is 5.42. The second-order valence-corrected chi connectivity index (χ2v) is 5.42. The van der Waals surface area contributed by atoms with Crippen molar-refractivity contribution in [1.29, 1.82) is 0 Å². The summed E-state index contributed by atoms with van der Waals surface area (Å²) in [5.41, 5.74) is 0.428. The number of benzene rings is 1. The Labute approximate surface area is 135 Å². The highest BCUT2D eigenvalue weighted by molar-refractivity contribution is 5.92. The minimum absolute atomic E-state index is 0.0406. The van der Waals surface area contributed by atoms with E-state index in [9.17, 15) is 13.6 Å². The fraction of sp³-hybridized carbons (Fsp3) is 0.471. The van der Waals surface area contributed by atoms with Crippen molar-refractivity contribution >= 4 is 12.0 Å². The van der Waals surface area contributed by atoms with Gasteiger partial charge in [-0.1, -0.05) is 32.0 Å². The van der Waals surface area contributed by atoms with E-state index in [-0.39, 0.29) is 11.7 Å². The molecule has 0 aliphatic carbocycles. The predicted octanol–water partition coefficient (Wildman–Crippen LogP) is 3.43. The van der Waals surface area contributed by atoms with Gasteiger partial charge in [-0.2, -0.15) is 8.78 Å². The van der Waals surface area contributed by atoms with Crippen molar-refractivity contribution in [2.75, 3.05) is 26.8 Å². The average Bonchev–Trinajstić information content (AvgIpc) is 2.49. The molecule has 0 N–H and O–H groups in total. The summed E-state index contributed by atoms with van der Waals surface area (Å²) in [4.78, 5) is 14.0. The maximum Gasteiger partial charge on any atom is 0.387 e. The molecule has 6 heteroatoms. The van der Waals surface area contributed by atoms with Crippen LogP contribution in [0.15, 0.2) is 30.3 Å². The summed E-state index contributed by atoms with van der Waals surface area (Å²) in [6.45, 7) is 2.65. The molecule has 0 fully saturated rings. The number of rotatable bonds is 9. The zero-order valence-corrected chi connectivity index (χ0v) is 13.7. The summed E-state index contributed by atoms with van der Waals surface area (Å²) >= 11 is 0. The molecular formula is C17H23F2NO3. The summed E-state index contributed by atoms with van der Waals surface area (Å²) in [6.07, 6.45) is 2.85. The lowest BCUT2D eigenvalue weighted by Gasteiger charge is -2.22. The Morgan fingerprint density at radius 1 is 1.30 bits per heavy atom. The number of alkyl halides is 2. The number of carbonyl (C=O) groups is 1. The molecule has 0 saturated carbocycles. The number of carbonyl (C=O) groups excluding carboxylic acids is 1. The molecule has 23 heavy (non-hydrogen) atoms. The third kappa shape index (κ3) is 7.23. The van der Waals surface area contributed by atoms with Crippen LogP contribution in [0.2, 0.25) is 0 Å². The molecule has 0 aliphatic heterocycles. The lowest BCUT2D eigenvalue weighted by molar-refractivity contribution is -0.127. The maximum atomic E-state index is 12.4. The van der Waals surface area contributed by atoms with Crippen LogP contribution in [0.25, 0.3) is 6.08 Å². The van der Waals surface area contributed by atoms with E-state index >= 15 is 0 Å². The minimum Gasteiger partial charge on any atom is -0.434 e. The molecule has 0 spiro atoms. The van der Waals surface area contributed by atoms with E-state index in [1.54, 1.807) is 30.2 Å². The third-order valence-electron chi connectivity index (χ3n) is 3.00. The van der Waals surface area contributed by atoms with Gasteiger partial charge in [-0.25, -0.2) is 0 Å². The van der Waals surface area contributed by atoms with Crippen LogP contribution in [0.1, 0.15) is 19.4 Å². The largest absolute Gasteiger partial charge is 0.434 e. The zero-order valence-electron chi connectivity index (χ0n) is 13.7. The Kier molecular flexibility index (Phi) is 8.26. The smallest absolute Gasteiger partial charge is 0.387 e. The number of methoxy groups -OCH3 is 1. The van der Waals surface area contributed by atoms with Crippen LogP contribution in [-0.2, 0) is 9.53 Å². The molecule has 0 radical (unpaired) electrons. The lowest BCUT2D eigenvalue weighted by atomic mass is 10.1. The first-order valence-corrected chi connectivity index (χ1v) is 7.43. The molecule has 4 nitrogen and oxygen atoms in total. The van der Waals surface area contributed by atoms with Crippen molar-refractivity contribution in [3.8, 4) is 5.75 Å². The number of para-hydroxylation sites is 1. The predicted molar refractivity (Wildman–Crippen MR) is 85.4 cm³/mol. The number of hydrogen-bond donors (Lipinski definition) is 0. The van der Waals surface area contributed by atoms with Gasteiger partial charge in [0.25, 0.3) is 0 Å². The molecule has 0 bridgehead atoms. The van der Waals surface area contributed by atoms with Crippen LogP contribution in [0.5, 0.6) is 5.75 Å². The molecule has 0 unspecified atom stereocenters. The Morgan fingerprint density at radius 2 is 2.00 bits per heavy atom. The van der Waals surface area contributed by atoms with Crippen LogP contribution in [-0.4, -0.2) is 44.2 Å². The summed E-state index contributed by atoms with van der Waals surface area (Å²) < 4.78 is 34.2. The SMILES string of the molecule is COCCN(CC(C)C)C(=O)/C=C/c1ccccc1OC(F)F. The molecule has 0 aliphatic rings. The third-order valence-corrected chi connectivity index (χ3v) is 3.00. The molecular weight excluding hydrogens is 304 g/mol. The Balaban J connectivity index is 2.82. The number of nitrogens with zero attached hydrogens (tertiary/aromatic N) is 1. The monoisotopic (exact) mass is 327 g/mol. The molecule has 1 rings (SSSR count). The van der Waals surface area contributed by atoms with E-state index in [1.165, 1.54) is 18.2 Å². The first-order valence-electron chi connectivity index (χ1n) is 7.43. The van der Waals surface area contributed by atoms with E-state index in [4.69, 9.17) is 4.74 Å². The minimum atomic E-state index is -2.90. The van der Waals surface area contributed by atoms with E-state index < -0.39 is 6.61 Å². The topological polar surface area (TPSA) is 38.8 Å². The van der Waals surface area contributed by atoms with E-state index in [0.29, 0.717) is 31.2 Å². The van der Waals surface area contributed by atoms with E-state index in [0.717, 1.165) is 0 Å². The van der Waals surface area contributed by atoms with Gasteiger partial charge >= 0.3 is 6.61 Å². The summed E-state index contributed by atoms with van der Waals surface area (Å²) in [5.74, 6) is 0.167. The summed E-state index contributed by atoms with van der Waals surface area (Å²) in [5, 5.41) is 0. The number of halogens is 2. The van der Waals surface area contributed by atoms with Crippen LogP contribution in [0.3, 0.4) is 0 Å². The lowest BCUT2D eigenvalue weighted by Crippen LogP contribution is -2.35. The normalized spacial score (nSPS) is 11.4. The van der Waals surface area contributed by atoms with E-state index in [1.807, 2.05) is 13.8 Å². The first-order chi connectivity index (χ1) is 10.9. The molecule has 1 amide bonds. The molecule has 0 heterocycles. The first kappa shape index (κ1) is 19.1. The molecule has 0 aromatic heterocycles. The van der Waals surface area contributed by atoms with Crippen LogP contribution in [0.4, 0.5) is 8.78 Å². The van der Waals surface area contributed by atoms with Crippen molar-refractivity contribution in [1.82, 2.24) is 4.90 Å². The van der Waals surface area contributed by atoms with Crippen LogP contribution < -0.4 is 4.74 Å². The van der Waals surface area contributed by atoms with Crippen molar-refractivity contribution < 1.29 is 23.0 Å². The van der Waals surface area contributed by atoms with Gasteiger partial charge in [0.15, 0.2) is 0 Å². The number of hydrogen-bond acceptors (Lipinski definition) is 3. The Hall–Kier alpha value is -1.95. The van der Waals surface area contributed by atoms with Gasteiger partial charge in [0.1, 0.15) is 5.75 Å². The average molecular weight is 327 g/mol. The molecule has 1 aromatic carbocycles. The second kappa shape index (κ2) is 9.94. The zero-order chi connectivity index (χ0) is 17.2. The van der Waals surface area contributed by atoms with Gasteiger partial charge in [-0.05, 0) is 18.1 Å². The highest BCUT2D eigenvalue weighted by atomic mass is 19.3. The van der Waals surface area contributed by atoms with Crippen molar-refractivity contribution in [2.24, 2.45) is 5.92 Å². The molecule has 128 valence electrons. The van der Waals surface area contributed by atoms with Gasteiger partial charge in [0.2, 0.25) is 5.91 Å². The van der Waals surface area contributed by atoms with Crippen LogP contribution in [0, 0.1) is 5.92 Å².